The number of hydrogen-bond donors (Lipinski definition) is 0. The number of hydrogen-bond acceptors (Lipinski definition) is 3. The van der Waals surface area contributed by atoms with E-state index >= 15 is 0 Å². The van der Waals surface area contributed by atoms with E-state index in [-0.39, 0.29) is 5.88 Å². The van der Waals surface area contributed by atoms with Crippen molar-refractivity contribution in [3.05, 3.63) is 0 Å². The lowest BCUT2D eigenvalue weighted by atomic mass is 10.4. The van der Waals surface area contributed by atoms with Crippen molar-refractivity contribution >= 4 is 41.1 Å². The van der Waals surface area contributed by atoms with Crippen molar-refractivity contribution in [3.63, 3.8) is 0 Å². The molecular weight excluding hydrogens is 200 g/mol. The van der Waals surface area contributed by atoms with Crippen LogP contribution in [0.2, 0.25) is 0 Å². The lowest BCUT2D eigenvalue weighted by Crippen LogP contribution is -2.32. The monoisotopic (exact) mass is 205 g/mol. The Labute approximate surface area is 74.0 Å². The lowest BCUT2D eigenvalue weighted by molar-refractivity contribution is -0.143. The topological polar surface area (TPSA) is 29.5 Å². The number of carbonyl (C=O) groups excluding carboxylic acids is 1. The Bertz CT molecular complexity index is 119. The summed E-state index contributed by atoms with van der Waals surface area (Å²) >= 11 is 15.8. The maximum Gasteiger partial charge on any atom is 0.327 e. The molecule has 0 radical (unpaired) electrons. The molecular formula is C4H6Cl3NO2. The van der Waals surface area contributed by atoms with Gasteiger partial charge in [-0.25, -0.2) is 0 Å². The van der Waals surface area contributed by atoms with Crippen LogP contribution in [0.4, 0.5) is 0 Å². The quantitative estimate of drug-likeness (QED) is 0.397. The van der Waals surface area contributed by atoms with E-state index in [4.69, 9.17) is 35.2 Å². The molecule has 1 atom stereocenters. The molecule has 0 aromatic carbocycles. The number of esters is 1. The van der Waals surface area contributed by atoms with Gasteiger partial charge in [0.05, 0.1) is 13.0 Å². The molecule has 60 valence electrons. The average Bonchev–Trinajstić information content (AvgIpc) is 1.88. The van der Waals surface area contributed by atoms with Gasteiger partial charge in [0.2, 0.25) is 0 Å². The second-order valence-electron chi connectivity index (χ2n) is 1.45. The number of nitrogens with zero attached hydrogens (tertiary/aromatic N) is 1. The predicted molar refractivity (Wildman–Crippen MR) is 40.1 cm³/mol. The van der Waals surface area contributed by atoms with Crippen LogP contribution >= 0.6 is 35.2 Å². The summed E-state index contributed by atoms with van der Waals surface area (Å²) in [6, 6.07) is -0.796. The highest BCUT2D eigenvalue weighted by Gasteiger charge is 2.23. The van der Waals surface area contributed by atoms with Crippen LogP contribution in [0.25, 0.3) is 0 Å². The minimum absolute atomic E-state index is 0.000324. The second-order valence-corrected chi connectivity index (χ2v) is 2.66. The van der Waals surface area contributed by atoms with E-state index in [0.29, 0.717) is 3.94 Å². The molecule has 1 unspecified atom stereocenters. The standard InChI is InChI=1S/C4H6Cl3NO2/c1-10-4(9)3(2-5)8(6)7/h3H,2H2,1H3. The van der Waals surface area contributed by atoms with Gasteiger partial charge < -0.3 is 4.74 Å². The number of ether oxygens (including phenoxy) is 1. The van der Waals surface area contributed by atoms with Crippen LogP contribution in [0.3, 0.4) is 0 Å². The highest BCUT2D eigenvalue weighted by Crippen LogP contribution is 2.09. The van der Waals surface area contributed by atoms with Gasteiger partial charge in [0.25, 0.3) is 0 Å². The summed E-state index contributed by atoms with van der Waals surface area (Å²) in [5.41, 5.74) is 0. The molecule has 0 aliphatic heterocycles. The van der Waals surface area contributed by atoms with Crippen LogP contribution in [0.1, 0.15) is 0 Å². The van der Waals surface area contributed by atoms with Gasteiger partial charge in [0.15, 0.2) is 6.04 Å². The van der Waals surface area contributed by atoms with Gasteiger partial charge in [0, 0.05) is 0 Å². The van der Waals surface area contributed by atoms with Crippen molar-refractivity contribution < 1.29 is 9.53 Å². The molecule has 0 amide bonds. The fraction of sp³-hybridized carbons (Fsp3) is 0.750. The van der Waals surface area contributed by atoms with Crippen LogP contribution in [-0.4, -0.2) is 28.9 Å². The third-order valence-electron chi connectivity index (χ3n) is 0.855. The van der Waals surface area contributed by atoms with Gasteiger partial charge in [0.1, 0.15) is 0 Å². The largest absolute Gasteiger partial charge is 0.468 e. The Kier molecular flexibility index (Phi) is 5.17. The van der Waals surface area contributed by atoms with Crippen LogP contribution < -0.4 is 0 Å². The molecule has 0 aromatic rings. The number of halogens is 3. The summed E-state index contributed by atoms with van der Waals surface area (Å²) in [5, 5.41) is 0. The Morgan fingerprint density at radius 2 is 2.20 bits per heavy atom. The molecule has 10 heavy (non-hydrogen) atoms. The van der Waals surface area contributed by atoms with Crippen molar-refractivity contribution in [2.75, 3.05) is 13.0 Å². The molecule has 0 aromatic heterocycles. The highest BCUT2D eigenvalue weighted by molar-refractivity contribution is 6.35. The maximum atomic E-state index is 10.7. The Hall–Kier alpha value is 0.300. The van der Waals surface area contributed by atoms with Crippen LogP contribution in [-0.2, 0) is 9.53 Å². The summed E-state index contributed by atoms with van der Waals surface area (Å²) in [5.74, 6) is -0.556. The third kappa shape index (κ3) is 2.92. The van der Waals surface area contributed by atoms with Gasteiger partial charge >= 0.3 is 5.97 Å². The van der Waals surface area contributed by atoms with Crippen molar-refractivity contribution in [2.24, 2.45) is 0 Å². The highest BCUT2D eigenvalue weighted by atomic mass is 35.5. The predicted octanol–water partition coefficient (Wildman–Crippen LogP) is 1.38. The number of carbonyl (C=O) groups is 1. The molecule has 0 saturated heterocycles. The molecule has 0 bridgehead atoms. The van der Waals surface area contributed by atoms with E-state index in [1.54, 1.807) is 0 Å². The molecule has 0 N–H and O–H groups in total. The molecule has 3 nitrogen and oxygen atoms in total. The first kappa shape index (κ1) is 10.3. The van der Waals surface area contributed by atoms with E-state index < -0.39 is 12.0 Å². The van der Waals surface area contributed by atoms with Crippen LogP contribution in [0, 0.1) is 0 Å². The summed E-state index contributed by atoms with van der Waals surface area (Å²) in [6.45, 7) is 0. The second kappa shape index (κ2) is 5.02. The first-order valence-corrected chi connectivity index (χ1v) is 3.59. The molecule has 0 heterocycles. The zero-order valence-corrected chi connectivity index (χ0v) is 7.45. The fourth-order valence-electron chi connectivity index (χ4n) is 0.331. The van der Waals surface area contributed by atoms with Crippen LogP contribution in [0.15, 0.2) is 0 Å². The van der Waals surface area contributed by atoms with Gasteiger partial charge in [-0.2, -0.15) is 0 Å². The molecule has 0 fully saturated rings. The smallest absolute Gasteiger partial charge is 0.327 e. The Balaban J connectivity index is 3.93. The van der Waals surface area contributed by atoms with E-state index in [1.807, 2.05) is 0 Å². The molecule has 0 spiro atoms. The van der Waals surface area contributed by atoms with Crippen molar-refractivity contribution in [1.29, 1.82) is 0 Å². The molecule has 0 aliphatic carbocycles. The zero-order chi connectivity index (χ0) is 8.15. The molecule has 6 heteroatoms. The Morgan fingerprint density at radius 1 is 1.70 bits per heavy atom. The van der Waals surface area contributed by atoms with Crippen molar-refractivity contribution in [3.8, 4) is 0 Å². The first-order chi connectivity index (χ1) is 4.63. The first-order valence-electron chi connectivity index (χ1n) is 2.38. The van der Waals surface area contributed by atoms with Gasteiger partial charge in [-0.3, -0.25) is 4.79 Å². The van der Waals surface area contributed by atoms with Crippen LogP contribution in [0.5, 0.6) is 0 Å². The van der Waals surface area contributed by atoms with Gasteiger partial charge in [-0.1, -0.05) is 0 Å². The zero-order valence-electron chi connectivity index (χ0n) is 5.18. The third-order valence-corrected chi connectivity index (χ3v) is 1.62. The van der Waals surface area contributed by atoms with E-state index in [2.05, 4.69) is 4.74 Å². The molecule has 0 aliphatic rings. The number of methoxy groups -OCH3 is 1. The average molecular weight is 206 g/mol. The normalized spacial score (nSPS) is 13.3. The van der Waals surface area contributed by atoms with E-state index in [1.165, 1.54) is 7.11 Å². The summed E-state index contributed by atoms with van der Waals surface area (Å²) in [7, 11) is 1.24. The summed E-state index contributed by atoms with van der Waals surface area (Å²) in [4.78, 5) is 10.7. The molecule has 0 saturated carbocycles. The minimum atomic E-state index is -0.796. The van der Waals surface area contributed by atoms with Gasteiger partial charge in [-0.15, -0.1) is 15.5 Å². The summed E-state index contributed by atoms with van der Waals surface area (Å²) in [6.07, 6.45) is 0. The SMILES string of the molecule is COC(=O)C(CCl)N(Cl)Cl. The van der Waals surface area contributed by atoms with E-state index in [0.717, 1.165) is 0 Å². The number of rotatable bonds is 3. The minimum Gasteiger partial charge on any atom is -0.468 e. The number of alkyl halides is 1. The van der Waals surface area contributed by atoms with E-state index in [9.17, 15) is 4.79 Å². The van der Waals surface area contributed by atoms with Gasteiger partial charge in [-0.05, 0) is 23.6 Å². The van der Waals surface area contributed by atoms with Crippen molar-refractivity contribution in [2.45, 2.75) is 6.04 Å². The Morgan fingerprint density at radius 3 is 2.30 bits per heavy atom. The fourth-order valence-corrected chi connectivity index (χ4v) is 1.03. The lowest BCUT2D eigenvalue weighted by Gasteiger charge is -2.12. The summed E-state index contributed by atoms with van der Waals surface area (Å²) < 4.78 is 5.00. The maximum absolute atomic E-state index is 10.7. The van der Waals surface area contributed by atoms with Crippen molar-refractivity contribution in [1.82, 2.24) is 3.94 Å². The molecule has 0 rings (SSSR count).